The second-order valence-corrected chi connectivity index (χ2v) is 4.59. The number of methoxy groups -OCH3 is 1. The average molecular weight is 293 g/mol. The molecule has 1 aromatic rings. The van der Waals surface area contributed by atoms with Crippen molar-refractivity contribution >= 4 is 17.8 Å². The highest BCUT2D eigenvalue weighted by atomic mass is 16.5. The Morgan fingerprint density at radius 1 is 1.24 bits per heavy atom. The molecule has 21 heavy (non-hydrogen) atoms. The molecule has 6 heteroatoms. The van der Waals surface area contributed by atoms with Gasteiger partial charge in [0, 0.05) is 0 Å². The highest BCUT2D eigenvalue weighted by molar-refractivity contribution is 5.95. The van der Waals surface area contributed by atoms with Crippen molar-refractivity contribution in [1.82, 2.24) is 5.32 Å². The molecule has 6 nitrogen and oxygen atoms in total. The topological polar surface area (TPSA) is 92.7 Å². The molecule has 114 valence electrons. The number of carbonyl (C=O) groups excluding carboxylic acids is 2. The lowest BCUT2D eigenvalue weighted by Gasteiger charge is -2.14. The molecule has 1 amide bonds. The molecule has 0 spiro atoms. The molecular weight excluding hydrogens is 274 g/mol. The van der Waals surface area contributed by atoms with Gasteiger partial charge in [0.05, 0.1) is 7.11 Å². The summed E-state index contributed by atoms with van der Waals surface area (Å²) in [4.78, 5) is 33.5. The molecular formula is C15H19NO5. The first-order valence-electron chi connectivity index (χ1n) is 6.66. The molecule has 0 radical (unpaired) electrons. The van der Waals surface area contributed by atoms with E-state index in [1.165, 1.54) is 7.11 Å². The fourth-order valence-corrected chi connectivity index (χ4v) is 1.86. The number of nitrogens with one attached hydrogen (secondary N) is 1. The van der Waals surface area contributed by atoms with Crippen LogP contribution in [0.1, 0.15) is 24.8 Å². The van der Waals surface area contributed by atoms with Crippen LogP contribution in [0.5, 0.6) is 0 Å². The number of rotatable bonds is 8. The van der Waals surface area contributed by atoms with E-state index in [9.17, 15) is 14.4 Å². The van der Waals surface area contributed by atoms with E-state index in [0.717, 1.165) is 12.0 Å². The van der Waals surface area contributed by atoms with Crippen molar-refractivity contribution in [3.8, 4) is 0 Å². The van der Waals surface area contributed by atoms with Gasteiger partial charge in [-0.2, -0.15) is 0 Å². The second-order valence-electron chi connectivity index (χ2n) is 4.59. The zero-order valence-electron chi connectivity index (χ0n) is 11.9. The third kappa shape index (κ3) is 6.56. The smallest absolute Gasteiger partial charge is 0.326 e. The van der Waals surface area contributed by atoms with Crippen molar-refractivity contribution in [1.29, 1.82) is 0 Å². The molecule has 2 N–H and O–H groups in total. The van der Waals surface area contributed by atoms with Gasteiger partial charge in [0.1, 0.15) is 12.5 Å². The maximum Gasteiger partial charge on any atom is 0.326 e. The minimum atomic E-state index is -1.11. The Morgan fingerprint density at radius 3 is 2.48 bits per heavy atom. The summed E-state index contributed by atoms with van der Waals surface area (Å²) in [5, 5.41) is 11.4. The normalized spacial score (nSPS) is 11.5. The van der Waals surface area contributed by atoms with Crippen LogP contribution in [0, 0.1) is 0 Å². The quantitative estimate of drug-likeness (QED) is 0.554. The number of benzene rings is 1. The van der Waals surface area contributed by atoms with Crippen LogP contribution in [0.3, 0.4) is 0 Å². The van der Waals surface area contributed by atoms with Crippen molar-refractivity contribution in [2.45, 2.75) is 31.7 Å². The number of carboxylic acid groups (broad SMARTS) is 1. The summed E-state index contributed by atoms with van der Waals surface area (Å²) in [6, 6.07) is 8.68. The molecule has 0 saturated heterocycles. The first-order valence-corrected chi connectivity index (χ1v) is 6.66. The van der Waals surface area contributed by atoms with Crippen molar-refractivity contribution in [2.75, 3.05) is 7.11 Å². The Kier molecular flexibility index (Phi) is 6.94. The summed E-state index contributed by atoms with van der Waals surface area (Å²) in [6.07, 6.45) is 1.19. The Labute approximate surface area is 123 Å². The Hall–Kier alpha value is -2.37. The summed E-state index contributed by atoms with van der Waals surface area (Å²) < 4.78 is 4.35. The first-order chi connectivity index (χ1) is 10.0. The molecule has 0 fully saturated rings. The third-order valence-electron chi connectivity index (χ3n) is 2.97. The maximum absolute atomic E-state index is 11.5. The Balaban J connectivity index is 2.41. The standard InChI is InChI=1S/C15H19NO5/c1-21-14(18)10-13(17)16-12(15(19)20)9-5-8-11-6-3-2-4-7-11/h2-4,6-7,12H,5,8-10H2,1H3,(H,16,17)(H,19,20). The highest BCUT2D eigenvalue weighted by Crippen LogP contribution is 2.07. The van der Waals surface area contributed by atoms with Gasteiger partial charge in [-0.3, -0.25) is 9.59 Å². The lowest BCUT2D eigenvalue weighted by molar-refractivity contribution is -0.147. The molecule has 1 aromatic carbocycles. The third-order valence-corrected chi connectivity index (χ3v) is 2.97. The van der Waals surface area contributed by atoms with E-state index < -0.39 is 30.3 Å². The van der Waals surface area contributed by atoms with Gasteiger partial charge in [0.25, 0.3) is 0 Å². The van der Waals surface area contributed by atoms with E-state index in [1.54, 1.807) is 0 Å². The van der Waals surface area contributed by atoms with Crippen LogP contribution in [-0.4, -0.2) is 36.1 Å². The number of hydrogen-bond donors (Lipinski definition) is 2. The van der Waals surface area contributed by atoms with Crippen LogP contribution in [0.4, 0.5) is 0 Å². The zero-order valence-corrected chi connectivity index (χ0v) is 11.9. The number of esters is 1. The monoisotopic (exact) mass is 293 g/mol. The first kappa shape index (κ1) is 16.7. The van der Waals surface area contributed by atoms with Gasteiger partial charge in [-0.15, -0.1) is 0 Å². The van der Waals surface area contributed by atoms with E-state index in [2.05, 4.69) is 10.1 Å². The van der Waals surface area contributed by atoms with Crippen LogP contribution in [0.2, 0.25) is 0 Å². The second kappa shape index (κ2) is 8.73. The van der Waals surface area contributed by atoms with Gasteiger partial charge in [-0.25, -0.2) is 4.79 Å². The molecule has 1 unspecified atom stereocenters. The van der Waals surface area contributed by atoms with Gasteiger partial charge in [0.2, 0.25) is 5.91 Å². The van der Waals surface area contributed by atoms with Gasteiger partial charge in [0.15, 0.2) is 0 Å². The fraction of sp³-hybridized carbons (Fsp3) is 0.400. The summed E-state index contributed by atoms with van der Waals surface area (Å²) in [5.41, 5.74) is 1.11. The van der Waals surface area contributed by atoms with Crippen molar-refractivity contribution in [2.24, 2.45) is 0 Å². The summed E-state index contributed by atoms with van der Waals surface area (Å²) in [6.45, 7) is 0. The lowest BCUT2D eigenvalue weighted by atomic mass is 10.0. The average Bonchev–Trinajstić information content (AvgIpc) is 2.47. The van der Waals surface area contributed by atoms with Gasteiger partial charge in [-0.1, -0.05) is 30.3 Å². The van der Waals surface area contributed by atoms with Crippen LogP contribution < -0.4 is 5.32 Å². The van der Waals surface area contributed by atoms with Crippen molar-refractivity contribution in [3.05, 3.63) is 35.9 Å². The molecule has 1 atom stereocenters. The van der Waals surface area contributed by atoms with Crippen LogP contribution >= 0.6 is 0 Å². The number of carboxylic acids is 1. The van der Waals surface area contributed by atoms with E-state index in [0.29, 0.717) is 12.8 Å². The number of aliphatic carboxylic acids is 1. The van der Waals surface area contributed by atoms with Crippen molar-refractivity contribution in [3.63, 3.8) is 0 Å². The number of ether oxygens (including phenoxy) is 1. The predicted octanol–water partition coefficient (Wildman–Crippen LogP) is 1.14. The zero-order chi connectivity index (χ0) is 15.7. The Morgan fingerprint density at radius 2 is 1.90 bits per heavy atom. The molecule has 1 rings (SSSR count). The number of carbonyl (C=O) groups is 3. The van der Waals surface area contributed by atoms with Crippen LogP contribution in [0.25, 0.3) is 0 Å². The summed E-state index contributed by atoms with van der Waals surface area (Å²) >= 11 is 0. The molecule has 0 aromatic heterocycles. The molecule has 0 aliphatic rings. The molecule has 0 aliphatic carbocycles. The molecule has 0 heterocycles. The number of hydrogen-bond acceptors (Lipinski definition) is 4. The Bertz CT molecular complexity index is 486. The summed E-state index contributed by atoms with van der Waals surface area (Å²) in [5.74, 6) is -2.45. The fourth-order valence-electron chi connectivity index (χ4n) is 1.86. The number of amides is 1. The largest absolute Gasteiger partial charge is 0.480 e. The van der Waals surface area contributed by atoms with E-state index in [1.807, 2.05) is 30.3 Å². The molecule has 0 aliphatic heterocycles. The lowest BCUT2D eigenvalue weighted by Crippen LogP contribution is -2.41. The SMILES string of the molecule is COC(=O)CC(=O)NC(CCCc1ccccc1)C(=O)O. The van der Waals surface area contributed by atoms with Crippen LogP contribution in [0.15, 0.2) is 30.3 Å². The van der Waals surface area contributed by atoms with Gasteiger partial charge < -0.3 is 15.2 Å². The molecule has 0 saturated carbocycles. The van der Waals surface area contributed by atoms with E-state index >= 15 is 0 Å². The van der Waals surface area contributed by atoms with Crippen molar-refractivity contribution < 1.29 is 24.2 Å². The maximum atomic E-state index is 11.5. The van der Waals surface area contributed by atoms with E-state index in [4.69, 9.17) is 5.11 Å². The van der Waals surface area contributed by atoms with Crippen LogP contribution in [-0.2, 0) is 25.5 Å². The van der Waals surface area contributed by atoms with Gasteiger partial charge in [-0.05, 0) is 24.8 Å². The summed E-state index contributed by atoms with van der Waals surface area (Å²) in [7, 11) is 1.17. The minimum absolute atomic E-state index is 0.303. The number of aryl methyl sites for hydroxylation is 1. The minimum Gasteiger partial charge on any atom is -0.480 e. The van der Waals surface area contributed by atoms with Gasteiger partial charge >= 0.3 is 11.9 Å². The van der Waals surface area contributed by atoms with E-state index in [-0.39, 0.29) is 0 Å². The molecule has 0 bridgehead atoms. The highest BCUT2D eigenvalue weighted by Gasteiger charge is 2.20. The predicted molar refractivity (Wildman–Crippen MR) is 75.6 cm³/mol.